The van der Waals surface area contributed by atoms with Crippen LogP contribution in [0, 0.1) is 0 Å². The number of aromatic nitrogens is 2. The standard InChI is InChI=1S/C14H12F3N3S2/c1-2-9-6-18-12(21-9)7-19-13-20-10-5-8(14(15,16)17)3-4-11(10)22-13/h3-6H,2,7H2,1H3,(H,19,20). The third-order valence-electron chi connectivity index (χ3n) is 3.06. The highest BCUT2D eigenvalue weighted by Crippen LogP contribution is 2.34. The molecule has 116 valence electrons. The lowest BCUT2D eigenvalue weighted by molar-refractivity contribution is -0.137. The second kappa shape index (κ2) is 5.85. The molecule has 0 aliphatic heterocycles. The fraction of sp³-hybridized carbons (Fsp3) is 0.286. The Kier molecular flexibility index (Phi) is 4.05. The van der Waals surface area contributed by atoms with E-state index in [1.54, 1.807) is 11.3 Å². The van der Waals surface area contributed by atoms with Crippen molar-refractivity contribution in [2.24, 2.45) is 0 Å². The van der Waals surface area contributed by atoms with E-state index in [9.17, 15) is 13.2 Å². The van der Waals surface area contributed by atoms with Crippen LogP contribution in [-0.4, -0.2) is 9.97 Å². The van der Waals surface area contributed by atoms with Gasteiger partial charge in [0.25, 0.3) is 0 Å². The van der Waals surface area contributed by atoms with Crippen LogP contribution in [0.3, 0.4) is 0 Å². The monoisotopic (exact) mass is 343 g/mol. The maximum absolute atomic E-state index is 12.7. The van der Waals surface area contributed by atoms with E-state index in [2.05, 4.69) is 22.2 Å². The van der Waals surface area contributed by atoms with E-state index < -0.39 is 11.7 Å². The third-order valence-corrected chi connectivity index (χ3v) is 5.19. The maximum atomic E-state index is 12.7. The van der Waals surface area contributed by atoms with Gasteiger partial charge in [0.15, 0.2) is 5.13 Å². The van der Waals surface area contributed by atoms with E-state index in [0.29, 0.717) is 17.2 Å². The van der Waals surface area contributed by atoms with E-state index in [1.165, 1.54) is 22.3 Å². The Balaban J connectivity index is 1.77. The second-order valence-corrected chi connectivity index (χ2v) is 6.86. The number of nitrogens with zero attached hydrogens (tertiary/aromatic N) is 2. The van der Waals surface area contributed by atoms with Gasteiger partial charge in [-0.15, -0.1) is 11.3 Å². The summed E-state index contributed by atoms with van der Waals surface area (Å²) in [6, 6.07) is 3.62. The maximum Gasteiger partial charge on any atom is 0.416 e. The number of halogens is 3. The number of thiazole rings is 2. The van der Waals surface area contributed by atoms with Crippen molar-refractivity contribution >= 4 is 38.0 Å². The number of hydrogen-bond donors (Lipinski definition) is 1. The van der Waals surface area contributed by atoms with Gasteiger partial charge in [-0.05, 0) is 24.6 Å². The number of fused-ring (bicyclic) bond motifs is 1. The van der Waals surface area contributed by atoms with Gasteiger partial charge in [0, 0.05) is 11.1 Å². The van der Waals surface area contributed by atoms with Crippen molar-refractivity contribution in [3.05, 3.63) is 39.8 Å². The molecule has 1 aromatic carbocycles. The van der Waals surface area contributed by atoms with E-state index in [-0.39, 0.29) is 0 Å². The van der Waals surface area contributed by atoms with Crippen LogP contribution in [0.15, 0.2) is 24.4 Å². The number of rotatable bonds is 4. The molecule has 0 amide bonds. The first-order valence-corrected chi connectivity index (χ1v) is 8.24. The second-order valence-electron chi connectivity index (χ2n) is 4.63. The topological polar surface area (TPSA) is 37.8 Å². The lowest BCUT2D eigenvalue weighted by Gasteiger charge is -2.04. The van der Waals surface area contributed by atoms with Crippen molar-refractivity contribution in [2.45, 2.75) is 26.1 Å². The molecular weight excluding hydrogens is 331 g/mol. The Labute approximate surface area is 132 Å². The predicted molar refractivity (Wildman–Crippen MR) is 83.4 cm³/mol. The number of hydrogen-bond acceptors (Lipinski definition) is 5. The van der Waals surface area contributed by atoms with E-state index in [0.717, 1.165) is 28.3 Å². The average molecular weight is 343 g/mol. The van der Waals surface area contributed by atoms with Gasteiger partial charge in [-0.2, -0.15) is 13.2 Å². The highest BCUT2D eigenvalue weighted by molar-refractivity contribution is 7.22. The van der Waals surface area contributed by atoms with Gasteiger partial charge in [-0.25, -0.2) is 9.97 Å². The molecule has 0 unspecified atom stereocenters. The van der Waals surface area contributed by atoms with Gasteiger partial charge in [0.05, 0.1) is 22.3 Å². The van der Waals surface area contributed by atoms with Crippen molar-refractivity contribution in [3.63, 3.8) is 0 Å². The minimum atomic E-state index is -4.34. The first-order valence-electron chi connectivity index (χ1n) is 6.61. The molecule has 0 aliphatic rings. The molecule has 0 radical (unpaired) electrons. The van der Waals surface area contributed by atoms with Crippen molar-refractivity contribution in [3.8, 4) is 0 Å². The molecule has 2 heterocycles. The van der Waals surface area contributed by atoms with Crippen molar-refractivity contribution in [2.75, 3.05) is 5.32 Å². The smallest absolute Gasteiger partial charge is 0.355 e. The lowest BCUT2D eigenvalue weighted by atomic mass is 10.2. The Morgan fingerprint density at radius 1 is 1.23 bits per heavy atom. The lowest BCUT2D eigenvalue weighted by Crippen LogP contribution is -2.04. The molecule has 3 nitrogen and oxygen atoms in total. The predicted octanol–water partition coefficient (Wildman–Crippen LogP) is 4.95. The molecule has 3 rings (SSSR count). The van der Waals surface area contributed by atoms with E-state index >= 15 is 0 Å². The quantitative estimate of drug-likeness (QED) is 0.729. The van der Waals surface area contributed by atoms with E-state index in [1.807, 2.05) is 6.20 Å². The molecule has 0 saturated carbocycles. The number of aryl methyl sites for hydroxylation is 1. The van der Waals surface area contributed by atoms with Crippen molar-refractivity contribution < 1.29 is 13.2 Å². The number of anilines is 1. The molecule has 0 aliphatic carbocycles. The highest BCUT2D eigenvalue weighted by Gasteiger charge is 2.30. The van der Waals surface area contributed by atoms with Gasteiger partial charge in [-0.3, -0.25) is 0 Å². The van der Waals surface area contributed by atoms with Crippen molar-refractivity contribution in [1.82, 2.24) is 9.97 Å². The minimum Gasteiger partial charge on any atom is -0.355 e. The van der Waals surface area contributed by atoms with Crippen LogP contribution in [0.5, 0.6) is 0 Å². The zero-order valence-electron chi connectivity index (χ0n) is 11.6. The van der Waals surface area contributed by atoms with Gasteiger partial charge in [0.1, 0.15) is 5.01 Å². The SMILES string of the molecule is CCc1cnc(CNc2nc3cc(C(F)(F)F)ccc3s2)s1. The molecule has 3 aromatic rings. The Hall–Kier alpha value is -1.67. The molecule has 0 bridgehead atoms. The van der Waals surface area contributed by atoms with Crippen LogP contribution in [0.2, 0.25) is 0 Å². The molecule has 22 heavy (non-hydrogen) atoms. The first-order chi connectivity index (χ1) is 10.5. The molecular formula is C14H12F3N3S2. The zero-order valence-corrected chi connectivity index (χ0v) is 13.2. The zero-order chi connectivity index (χ0) is 15.7. The molecule has 0 atom stereocenters. The molecule has 0 spiro atoms. The summed E-state index contributed by atoms with van der Waals surface area (Å²) in [7, 11) is 0. The molecule has 1 N–H and O–H groups in total. The summed E-state index contributed by atoms with van der Waals surface area (Å²) in [5.41, 5.74) is -0.319. The molecule has 2 aromatic heterocycles. The summed E-state index contributed by atoms with van der Waals surface area (Å²) in [6.07, 6.45) is -1.56. The number of nitrogens with one attached hydrogen (secondary N) is 1. The fourth-order valence-corrected chi connectivity index (χ4v) is 3.57. The summed E-state index contributed by atoms with van der Waals surface area (Å²) in [5, 5.41) is 4.66. The average Bonchev–Trinajstić information content (AvgIpc) is 3.09. The Bertz CT molecular complexity index is 792. The van der Waals surface area contributed by atoms with Crippen LogP contribution < -0.4 is 5.32 Å². The van der Waals surface area contributed by atoms with Crippen molar-refractivity contribution in [1.29, 1.82) is 0 Å². The van der Waals surface area contributed by atoms with Crippen LogP contribution in [0.4, 0.5) is 18.3 Å². The molecule has 8 heteroatoms. The van der Waals surface area contributed by atoms with Gasteiger partial charge in [0.2, 0.25) is 0 Å². The summed E-state index contributed by atoms with van der Waals surface area (Å²) < 4.78 is 38.8. The van der Waals surface area contributed by atoms with Crippen LogP contribution in [-0.2, 0) is 19.1 Å². The van der Waals surface area contributed by atoms with E-state index in [4.69, 9.17) is 0 Å². The van der Waals surface area contributed by atoms with Gasteiger partial charge in [-0.1, -0.05) is 18.3 Å². The van der Waals surface area contributed by atoms with Gasteiger partial charge < -0.3 is 5.32 Å². The fourth-order valence-electron chi connectivity index (χ4n) is 1.92. The summed E-state index contributed by atoms with van der Waals surface area (Å²) in [4.78, 5) is 9.70. The first kappa shape index (κ1) is 15.2. The van der Waals surface area contributed by atoms with Gasteiger partial charge >= 0.3 is 6.18 Å². The highest BCUT2D eigenvalue weighted by atomic mass is 32.1. The minimum absolute atomic E-state index is 0.357. The Morgan fingerprint density at radius 3 is 2.73 bits per heavy atom. The van der Waals surface area contributed by atoms with Crippen LogP contribution >= 0.6 is 22.7 Å². The Morgan fingerprint density at radius 2 is 2.05 bits per heavy atom. The van der Waals surface area contributed by atoms with Crippen LogP contribution in [0.1, 0.15) is 22.4 Å². The summed E-state index contributed by atoms with van der Waals surface area (Å²) >= 11 is 2.95. The largest absolute Gasteiger partial charge is 0.416 e. The molecule has 0 saturated heterocycles. The third kappa shape index (κ3) is 3.22. The molecule has 0 fully saturated rings. The number of alkyl halides is 3. The normalized spacial score (nSPS) is 12.0. The number of benzene rings is 1. The summed E-state index contributed by atoms with van der Waals surface area (Å²) in [5.74, 6) is 0. The summed E-state index contributed by atoms with van der Waals surface area (Å²) in [6.45, 7) is 2.59. The van der Waals surface area contributed by atoms with Crippen LogP contribution in [0.25, 0.3) is 10.2 Å².